The van der Waals surface area contributed by atoms with Crippen LogP contribution < -0.4 is 5.32 Å². The summed E-state index contributed by atoms with van der Waals surface area (Å²) in [5.74, 6) is 0. The Morgan fingerprint density at radius 1 is 0.800 bits per heavy atom. The highest BCUT2D eigenvalue weighted by Gasteiger charge is 1.98. The molecule has 0 aliphatic heterocycles. The quantitative estimate of drug-likeness (QED) is 0.733. The minimum atomic E-state index is 0.994. The van der Waals surface area contributed by atoms with Crippen LogP contribution in [0, 0.1) is 0 Å². The Hall–Kier alpha value is -2.16. The third-order valence-corrected chi connectivity index (χ3v) is 3.90. The zero-order valence-electron chi connectivity index (χ0n) is 16.0. The van der Waals surface area contributed by atoms with Crippen molar-refractivity contribution in [2.45, 2.75) is 12.8 Å². The summed E-state index contributed by atoms with van der Waals surface area (Å²) in [5, 5.41) is 3.11. The zero-order valence-corrected chi connectivity index (χ0v) is 16.0. The third kappa shape index (κ3) is 9.04. The van der Waals surface area contributed by atoms with Gasteiger partial charge in [0.1, 0.15) is 0 Å². The molecule has 25 heavy (non-hydrogen) atoms. The van der Waals surface area contributed by atoms with Crippen LogP contribution >= 0.6 is 0 Å². The zero-order chi connectivity index (χ0) is 18.5. The Labute approximate surface area is 153 Å². The molecule has 0 aliphatic carbocycles. The van der Waals surface area contributed by atoms with Gasteiger partial charge in [0.25, 0.3) is 0 Å². The van der Waals surface area contributed by atoms with E-state index >= 15 is 0 Å². The van der Waals surface area contributed by atoms with Crippen LogP contribution in [0.2, 0.25) is 0 Å². The van der Waals surface area contributed by atoms with Gasteiger partial charge in [-0.25, -0.2) is 0 Å². The van der Waals surface area contributed by atoms with Crippen LogP contribution in [0.3, 0.4) is 0 Å². The Bertz CT molecular complexity index is 615. The second-order valence-electron chi connectivity index (χ2n) is 6.35. The van der Waals surface area contributed by atoms with E-state index in [1.54, 1.807) is 0 Å². The standard InChI is InChI=1S/C12H17N.C11H15N/c1-11(9-10-13(2)3)12-7-5-4-6-8-12;1-10(8-9-12-2)11-6-4-3-5-7-11/h4-8H,1,9-10H2,2-3H3;3-7,12H,1,8-9H2,2H3. The fraction of sp³-hybridized carbons (Fsp3) is 0.304. The molecule has 0 fully saturated rings. The highest BCUT2D eigenvalue weighted by atomic mass is 15.0. The molecule has 134 valence electrons. The van der Waals surface area contributed by atoms with E-state index in [0.29, 0.717) is 0 Å². The number of hydrogen-bond acceptors (Lipinski definition) is 2. The van der Waals surface area contributed by atoms with Gasteiger partial charge in [0, 0.05) is 6.54 Å². The van der Waals surface area contributed by atoms with Crippen molar-refractivity contribution in [3.63, 3.8) is 0 Å². The van der Waals surface area contributed by atoms with Gasteiger partial charge >= 0.3 is 0 Å². The average molecular weight is 337 g/mol. The maximum Gasteiger partial charge on any atom is 0.00157 e. The van der Waals surface area contributed by atoms with Gasteiger partial charge in [-0.05, 0) is 62.8 Å². The Morgan fingerprint density at radius 2 is 1.24 bits per heavy atom. The van der Waals surface area contributed by atoms with E-state index in [0.717, 1.165) is 25.9 Å². The van der Waals surface area contributed by atoms with Crippen LogP contribution in [0.4, 0.5) is 0 Å². The van der Waals surface area contributed by atoms with Crippen molar-refractivity contribution in [1.29, 1.82) is 0 Å². The lowest BCUT2D eigenvalue weighted by atomic mass is 10.1. The molecule has 1 N–H and O–H groups in total. The van der Waals surface area contributed by atoms with Crippen molar-refractivity contribution in [2.24, 2.45) is 0 Å². The maximum absolute atomic E-state index is 4.07. The van der Waals surface area contributed by atoms with Crippen molar-refractivity contribution in [2.75, 3.05) is 34.2 Å². The lowest BCUT2D eigenvalue weighted by Gasteiger charge is -2.10. The first-order valence-corrected chi connectivity index (χ1v) is 8.80. The summed E-state index contributed by atoms with van der Waals surface area (Å²) in [4.78, 5) is 2.17. The van der Waals surface area contributed by atoms with E-state index in [1.807, 2.05) is 31.3 Å². The van der Waals surface area contributed by atoms with Crippen LogP contribution in [0.15, 0.2) is 73.8 Å². The van der Waals surface area contributed by atoms with Crippen molar-refractivity contribution in [3.05, 3.63) is 84.9 Å². The van der Waals surface area contributed by atoms with Crippen LogP contribution in [0.1, 0.15) is 24.0 Å². The highest BCUT2D eigenvalue weighted by Crippen LogP contribution is 2.15. The van der Waals surface area contributed by atoms with E-state index in [9.17, 15) is 0 Å². The highest BCUT2D eigenvalue weighted by molar-refractivity contribution is 5.63. The van der Waals surface area contributed by atoms with Crippen molar-refractivity contribution in [1.82, 2.24) is 10.2 Å². The van der Waals surface area contributed by atoms with Gasteiger partial charge in [0.15, 0.2) is 0 Å². The fourth-order valence-corrected chi connectivity index (χ4v) is 2.27. The molecule has 0 saturated heterocycles. The van der Waals surface area contributed by atoms with Crippen LogP contribution in [0.5, 0.6) is 0 Å². The molecular weight excluding hydrogens is 304 g/mol. The summed E-state index contributed by atoms with van der Waals surface area (Å²) in [6.45, 7) is 10.1. The van der Waals surface area contributed by atoms with Gasteiger partial charge < -0.3 is 10.2 Å². The molecule has 2 nitrogen and oxygen atoms in total. The minimum absolute atomic E-state index is 0.994. The van der Waals surface area contributed by atoms with Crippen molar-refractivity contribution < 1.29 is 0 Å². The normalized spacial score (nSPS) is 10.1. The summed E-state index contributed by atoms with van der Waals surface area (Å²) in [6, 6.07) is 20.6. The maximum atomic E-state index is 4.07. The molecule has 0 radical (unpaired) electrons. The fourth-order valence-electron chi connectivity index (χ4n) is 2.27. The van der Waals surface area contributed by atoms with Crippen LogP contribution in [0.25, 0.3) is 11.1 Å². The molecule has 2 heteroatoms. The molecule has 0 unspecified atom stereocenters. The van der Waals surface area contributed by atoms with E-state index in [2.05, 4.69) is 73.9 Å². The number of benzene rings is 2. The van der Waals surface area contributed by atoms with Crippen molar-refractivity contribution in [3.8, 4) is 0 Å². The summed E-state index contributed by atoms with van der Waals surface area (Å²) < 4.78 is 0. The van der Waals surface area contributed by atoms with Gasteiger partial charge in [0.2, 0.25) is 0 Å². The lowest BCUT2D eigenvalue weighted by molar-refractivity contribution is 0.419. The first-order chi connectivity index (χ1) is 12.0. The molecule has 2 rings (SSSR count). The first kappa shape index (κ1) is 20.9. The van der Waals surface area contributed by atoms with E-state index in [-0.39, 0.29) is 0 Å². The Kier molecular flexibility index (Phi) is 10.2. The Morgan fingerprint density at radius 3 is 1.64 bits per heavy atom. The molecule has 0 aromatic heterocycles. The Balaban J connectivity index is 0.000000251. The molecule has 0 amide bonds. The first-order valence-electron chi connectivity index (χ1n) is 8.80. The molecule has 0 spiro atoms. The second kappa shape index (κ2) is 12.2. The average Bonchev–Trinajstić information content (AvgIpc) is 2.66. The molecular formula is C23H32N2. The van der Waals surface area contributed by atoms with Gasteiger partial charge in [0.05, 0.1) is 0 Å². The summed E-state index contributed by atoms with van der Waals surface area (Å²) in [5.41, 5.74) is 4.91. The van der Waals surface area contributed by atoms with Gasteiger partial charge in [-0.15, -0.1) is 0 Å². The second-order valence-corrected chi connectivity index (χ2v) is 6.35. The number of nitrogens with one attached hydrogen (secondary N) is 1. The van der Waals surface area contributed by atoms with E-state index < -0.39 is 0 Å². The molecule has 2 aromatic carbocycles. The number of nitrogens with zero attached hydrogens (tertiary/aromatic N) is 1. The predicted molar refractivity (Wildman–Crippen MR) is 113 cm³/mol. The topological polar surface area (TPSA) is 15.3 Å². The van der Waals surface area contributed by atoms with E-state index in [1.165, 1.54) is 22.3 Å². The smallest absolute Gasteiger partial charge is 0.00157 e. The van der Waals surface area contributed by atoms with Crippen LogP contribution in [-0.4, -0.2) is 39.1 Å². The monoisotopic (exact) mass is 336 g/mol. The molecule has 0 heterocycles. The lowest BCUT2D eigenvalue weighted by Crippen LogP contribution is -2.12. The van der Waals surface area contributed by atoms with Gasteiger partial charge in [-0.3, -0.25) is 0 Å². The minimum Gasteiger partial charge on any atom is -0.319 e. The van der Waals surface area contributed by atoms with Crippen LogP contribution in [-0.2, 0) is 0 Å². The number of rotatable bonds is 8. The molecule has 2 aromatic rings. The summed E-state index contributed by atoms with van der Waals surface area (Å²) in [6.07, 6.45) is 2.05. The molecule has 0 aliphatic rings. The summed E-state index contributed by atoms with van der Waals surface area (Å²) >= 11 is 0. The predicted octanol–water partition coefficient (Wildman–Crippen LogP) is 4.96. The van der Waals surface area contributed by atoms with E-state index in [4.69, 9.17) is 0 Å². The summed E-state index contributed by atoms with van der Waals surface area (Å²) in [7, 11) is 6.12. The molecule has 0 saturated carbocycles. The third-order valence-electron chi connectivity index (χ3n) is 3.90. The largest absolute Gasteiger partial charge is 0.319 e. The van der Waals surface area contributed by atoms with Crippen molar-refractivity contribution >= 4 is 11.1 Å². The van der Waals surface area contributed by atoms with Gasteiger partial charge in [-0.2, -0.15) is 0 Å². The molecule has 0 bridgehead atoms. The molecule has 0 atom stereocenters. The number of hydrogen-bond donors (Lipinski definition) is 1. The van der Waals surface area contributed by atoms with Gasteiger partial charge in [-0.1, -0.05) is 73.8 Å². The SMILES string of the molecule is C=C(CCN(C)C)c1ccccc1.C=C(CCNC)c1ccccc1.